The molecule has 1 aliphatic carbocycles. The predicted molar refractivity (Wildman–Crippen MR) is 70.4 cm³/mol. The van der Waals surface area contributed by atoms with Crippen molar-refractivity contribution in [1.29, 1.82) is 0 Å². The average Bonchev–Trinajstić information content (AvgIpc) is 2.97. The number of rotatable bonds is 4. The van der Waals surface area contributed by atoms with Crippen LogP contribution in [0, 0.1) is 5.92 Å². The minimum atomic E-state index is -0.0947. The van der Waals surface area contributed by atoms with E-state index in [-0.39, 0.29) is 11.9 Å². The summed E-state index contributed by atoms with van der Waals surface area (Å²) < 4.78 is 0. The second kappa shape index (κ2) is 5.25. The third-order valence-electron chi connectivity index (χ3n) is 2.79. The van der Waals surface area contributed by atoms with Gasteiger partial charge < -0.3 is 11.1 Å². The maximum atomic E-state index is 11.7. The summed E-state index contributed by atoms with van der Waals surface area (Å²) in [5.74, 6) is 0.423. The van der Waals surface area contributed by atoms with Crippen LogP contribution in [0.4, 0.5) is 5.69 Å². The third-order valence-corrected chi connectivity index (χ3v) is 3.23. The van der Waals surface area contributed by atoms with Gasteiger partial charge in [-0.1, -0.05) is 23.2 Å². The molecule has 1 unspecified atom stereocenters. The fourth-order valence-electron chi connectivity index (χ4n) is 1.74. The Hall–Kier alpha value is -0.770. The zero-order chi connectivity index (χ0) is 12.4. The summed E-state index contributed by atoms with van der Waals surface area (Å²) in [4.78, 5) is 11.7. The molecule has 0 saturated heterocycles. The molecular weight excluding hydrogens is 259 g/mol. The van der Waals surface area contributed by atoms with Gasteiger partial charge in [0.05, 0.1) is 0 Å². The number of hydrogen-bond acceptors (Lipinski definition) is 2. The lowest BCUT2D eigenvalue weighted by Gasteiger charge is -2.10. The summed E-state index contributed by atoms with van der Waals surface area (Å²) in [6.07, 6.45) is 2.61. The molecule has 5 heteroatoms. The van der Waals surface area contributed by atoms with Gasteiger partial charge in [0, 0.05) is 28.2 Å². The van der Waals surface area contributed by atoms with E-state index < -0.39 is 0 Å². The van der Waals surface area contributed by atoms with Crippen LogP contribution < -0.4 is 11.1 Å². The van der Waals surface area contributed by atoms with Gasteiger partial charge in [0.2, 0.25) is 5.91 Å². The highest BCUT2D eigenvalue weighted by atomic mass is 35.5. The molecule has 1 amide bonds. The largest absolute Gasteiger partial charge is 0.327 e. The summed E-state index contributed by atoms with van der Waals surface area (Å²) in [7, 11) is 0. The maximum absolute atomic E-state index is 11.7. The first kappa shape index (κ1) is 12.7. The number of benzene rings is 1. The minimum absolute atomic E-state index is 0.0374. The first-order valence-corrected chi connectivity index (χ1v) is 6.32. The molecule has 17 heavy (non-hydrogen) atoms. The Morgan fingerprint density at radius 1 is 1.35 bits per heavy atom. The lowest BCUT2D eigenvalue weighted by molar-refractivity contribution is -0.116. The first-order valence-electron chi connectivity index (χ1n) is 5.56. The molecule has 0 bridgehead atoms. The average molecular weight is 273 g/mol. The molecule has 1 aliphatic rings. The normalized spacial score (nSPS) is 16.6. The smallest absolute Gasteiger partial charge is 0.225 e. The van der Waals surface area contributed by atoms with E-state index in [0.717, 1.165) is 12.8 Å². The van der Waals surface area contributed by atoms with Gasteiger partial charge in [-0.05, 0) is 37.0 Å². The van der Waals surface area contributed by atoms with Crippen molar-refractivity contribution < 1.29 is 4.79 Å². The summed E-state index contributed by atoms with van der Waals surface area (Å²) in [5.41, 5.74) is 6.49. The van der Waals surface area contributed by atoms with E-state index in [1.54, 1.807) is 18.2 Å². The molecular formula is C12H14Cl2N2O. The van der Waals surface area contributed by atoms with Gasteiger partial charge >= 0.3 is 0 Å². The lowest BCUT2D eigenvalue weighted by atomic mass is 10.1. The zero-order valence-corrected chi connectivity index (χ0v) is 10.8. The molecule has 1 atom stereocenters. The van der Waals surface area contributed by atoms with Crippen molar-refractivity contribution >= 4 is 34.8 Å². The predicted octanol–water partition coefficient (Wildman–Crippen LogP) is 3.06. The number of nitrogens with two attached hydrogens (primary N) is 1. The van der Waals surface area contributed by atoms with Gasteiger partial charge in [0.1, 0.15) is 0 Å². The molecule has 1 saturated carbocycles. The molecule has 0 aromatic heterocycles. The Morgan fingerprint density at radius 2 is 1.94 bits per heavy atom. The number of amides is 1. The van der Waals surface area contributed by atoms with E-state index in [0.29, 0.717) is 28.1 Å². The van der Waals surface area contributed by atoms with Gasteiger partial charge in [-0.25, -0.2) is 0 Å². The minimum Gasteiger partial charge on any atom is -0.327 e. The quantitative estimate of drug-likeness (QED) is 0.885. The number of anilines is 1. The second-order valence-electron chi connectivity index (χ2n) is 4.41. The number of nitrogens with one attached hydrogen (secondary N) is 1. The van der Waals surface area contributed by atoms with Gasteiger partial charge in [0.25, 0.3) is 0 Å². The summed E-state index contributed by atoms with van der Waals surface area (Å²) >= 11 is 11.7. The van der Waals surface area contributed by atoms with Crippen molar-refractivity contribution in [3.8, 4) is 0 Å². The van der Waals surface area contributed by atoms with E-state index in [2.05, 4.69) is 5.32 Å². The van der Waals surface area contributed by atoms with E-state index in [4.69, 9.17) is 28.9 Å². The Morgan fingerprint density at radius 3 is 2.47 bits per heavy atom. The van der Waals surface area contributed by atoms with Crippen LogP contribution in [0.3, 0.4) is 0 Å². The molecule has 0 spiro atoms. The monoisotopic (exact) mass is 272 g/mol. The molecule has 3 N–H and O–H groups in total. The van der Waals surface area contributed by atoms with E-state index >= 15 is 0 Å². The molecule has 0 radical (unpaired) electrons. The lowest BCUT2D eigenvalue weighted by Crippen LogP contribution is -2.28. The molecule has 1 fully saturated rings. The van der Waals surface area contributed by atoms with Crippen LogP contribution in [-0.4, -0.2) is 11.9 Å². The molecule has 1 aromatic rings. The first-order chi connectivity index (χ1) is 8.04. The number of hydrogen-bond donors (Lipinski definition) is 2. The van der Waals surface area contributed by atoms with Gasteiger partial charge in [0.15, 0.2) is 0 Å². The van der Waals surface area contributed by atoms with Crippen molar-refractivity contribution in [2.75, 3.05) is 5.32 Å². The highest BCUT2D eigenvalue weighted by Crippen LogP contribution is 2.33. The third kappa shape index (κ3) is 3.87. The number of halogens is 2. The zero-order valence-electron chi connectivity index (χ0n) is 9.25. The van der Waals surface area contributed by atoms with Crippen molar-refractivity contribution in [3.05, 3.63) is 28.2 Å². The summed E-state index contributed by atoms with van der Waals surface area (Å²) in [5, 5.41) is 3.75. The Kier molecular flexibility index (Phi) is 3.92. The van der Waals surface area contributed by atoms with E-state index in [1.165, 1.54) is 0 Å². The molecule has 3 nitrogen and oxygen atoms in total. The van der Waals surface area contributed by atoms with Gasteiger partial charge in [-0.15, -0.1) is 0 Å². The number of carbonyl (C=O) groups excluding carboxylic acids is 1. The Bertz CT molecular complexity index is 412. The molecule has 1 aromatic carbocycles. The van der Waals surface area contributed by atoms with Crippen molar-refractivity contribution in [2.45, 2.75) is 25.3 Å². The Labute approximate surface area is 110 Å². The van der Waals surface area contributed by atoms with Crippen molar-refractivity contribution in [1.82, 2.24) is 0 Å². The van der Waals surface area contributed by atoms with E-state index in [9.17, 15) is 4.79 Å². The molecule has 0 aliphatic heterocycles. The molecule has 2 rings (SSSR count). The van der Waals surface area contributed by atoms with Crippen LogP contribution in [0.1, 0.15) is 19.3 Å². The van der Waals surface area contributed by atoms with Crippen LogP contribution >= 0.6 is 23.2 Å². The molecule has 0 heterocycles. The fourth-order valence-corrected chi connectivity index (χ4v) is 2.27. The highest BCUT2D eigenvalue weighted by molar-refractivity contribution is 6.35. The van der Waals surface area contributed by atoms with E-state index in [1.807, 2.05) is 0 Å². The van der Waals surface area contributed by atoms with Crippen LogP contribution in [0.5, 0.6) is 0 Å². The topological polar surface area (TPSA) is 55.1 Å². The van der Waals surface area contributed by atoms with Gasteiger partial charge in [-0.3, -0.25) is 4.79 Å². The van der Waals surface area contributed by atoms with Crippen molar-refractivity contribution in [3.63, 3.8) is 0 Å². The summed E-state index contributed by atoms with van der Waals surface area (Å²) in [6.45, 7) is 0. The van der Waals surface area contributed by atoms with Gasteiger partial charge in [-0.2, -0.15) is 0 Å². The number of carbonyl (C=O) groups is 1. The van der Waals surface area contributed by atoms with Crippen LogP contribution in [-0.2, 0) is 4.79 Å². The highest BCUT2D eigenvalue weighted by Gasteiger charge is 2.29. The maximum Gasteiger partial charge on any atom is 0.225 e. The standard InChI is InChI=1S/C12H14Cl2N2O/c13-8-3-9(14)5-10(4-8)16-12(17)6-11(15)7-1-2-7/h3-5,7,11H,1-2,6,15H2,(H,16,17). The SMILES string of the molecule is NC(CC(=O)Nc1cc(Cl)cc(Cl)c1)C1CC1. The summed E-state index contributed by atoms with van der Waals surface area (Å²) in [6, 6.07) is 4.90. The molecule has 92 valence electrons. The van der Waals surface area contributed by atoms with Crippen LogP contribution in [0.25, 0.3) is 0 Å². The second-order valence-corrected chi connectivity index (χ2v) is 5.28. The Balaban J connectivity index is 1.92. The van der Waals surface area contributed by atoms with Crippen LogP contribution in [0.2, 0.25) is 10.0 Å². The van der Waals surface area contributed by atoms with Crippen LogP contribution in [0.15, 0.2) is 18.2 Å². The fraction of sp³-hybridized carbons (Fsp3) is 0.417. The van der Waals surface area contributed by atoms with Crippen molar-refractivity contribution in [2.24, 2.45) is 11.7 Å².